The number of ether oxygens (including phenoxy) is 2. The molecule has 1 aromatic heterocycles. The lowest BCUT2D eigenvalue weighted by Gasteiger charge is -2.11. The van der Waals surface area contributed by atoms with Gasteiger partial charge in [0.05, 0.1) is 16.3 Å². The molecule has 0 saturated carbocycles. The van der Waals surface area contributed by atoms with Gasteiger partial charge in [-0.3, -0.25) is 0 Å². The number of carbonyl (C=O) groups is 1. The zero-order valence-corrected chi connectivity index (χ0v) is 15.5. The Hall–Kier alpha value is -2.86. The summed E-state index contributed by atoms with van der Waals surface area (Å²) in [4.78, 5) is 12.5. The molecule has 1 heterocycles. The van der Waals surface area contributed by atoms with Crippen molar-refractivity contribution in [1.82, 2.24) is 5.16 Å². The fourth-order valence-electron chi connectivity index (χ4n) is 2.48. The number of para-hydroxylation sites is 1. The van der Waals surface area contributed by atoms with Crippen molar-refractivity contribution >= 4 is 17.6 Å². The minimum atomic E-state index is -0.565. The van der Waals surface area contributed by atoms with Crippen molar-refractivity contribution in [2.24, 2.45) is 0 Å². The number of nitrogens with zero attached hydrogens (tertiary/aromatic N) is 1. The summed E-state index contributed by atoms with van der Waals surface area (Å²) in [6, 6.07) is 10.7. The minimum Gasteiger partial charge on any atom is -0.488 e. The van der Waals surface area contributed by atoms with E-state index in [1.165, 1.54) is 18.2 Å². The van der Waals surface area contributed by atoms with Gasteiger partial charge in [0.25, 0.3) is 0 Å². The molecule has 0 radical (unpaired) electrons. The zero-order chi connectivity index (χ0) is 19.4. The molecule has 0 amide bonds. The number of carbonyl (C=O) groups excluding carboxylic acids is 1. The van der Waals surface area contributed by atoms with Gasteiger partial charge in [0.2, 0.25) is 0 Å². The minimum absolute atomic E-state index is 0.0733. The Morgan fingerprint density at radius 2 is 1.96 bits per heavy atom. The van der Waals surface area contributed by atoms with Crippen LogP contribution in [0.25, 0.3) is 0 Å². The SMILES string of the molecule is Cc1noc(C)c1COc1ccccc1C(=O)OCc1ccc(F)cc1Cl. The van der Waals surface area contributed by atoms with Crippen LogP contribution < -0.4 is 4.74 Å². The van der Waals surface area contributed by atoms with Crippen molar-refractivity contribution in [3.05, 3.63) is 81.4 Å². The second-order valence-corrected chi connectivity index (χ2v) is 6.31. The molecule has 0 fully saturated rings. The average Bonchev–Trinajstić information content (AvgIpc) is 2.97. The Labute approximate surface area is 160 Å². The quantitative estimate of drug-likeness (QED) is 0.554. The summed E-state index contributed by atoms with van der Waals surface area (Å²) in [6.45, 7) is 3.76. The first-order chi connectivity index (χ1) is 13.0. The molecule has 3 aromatic rings. The second kappa shape index (κ2) is 8.22. The summed E-state index contributed by atoms with van der Waals surface area (Å²) in [7, 11) is 0. The van der Waals surface area contributed by atoms with Crippen LogP contribution in [0.2, 0.25) is 5.02 Å². The molecule has 2 aromatic carbocycles. The molecule has 5 nitrogen and oxygen atoms in total. The van der Waals surface area contributed by atoms with E-state index in [0.29, 0.717) is 17.1 Å². The van der Waals surface area contributed by atoms with E-state index in [1.807, 2.05) is 6.92 Å². The first kappa shape index (κ1) is 18.9. The number of hydrogen-bond donors (Lipinski definition) is 0. The first-order valence-corrected chi connectivity index (χ1v) is 8.58. The highest BCUT2D eigenvalue weighted by Crippen LogP contribution is 2.24. The molecule has 140 valence electrons. The summed E-state index contributed by atoms with van der Waals surface area (Å²) in [6.07, 6.45) is 0. The highest BCUT2D eigenvalue weighted by Gasteiger charge is 2.16. The number of aryl methyl sites for hydroxylation is 2. The molecule has 27 heavy (non-hydrogen) atoms. The number of hydrogen-bond acceptors (Lipinski definition) is 5. The average molecular weight is 390 g/mol. The van der Waals surface area contributed by atoms with Crippen molar-refractivity contribution in [2.75, 3.05) is 0 Å². The first-order valence-electron chi connectivity index (χ1n) is 8.20. The van der Waals surface area contributed by atoms with E-state index in [9.17, 15) is 9.18 Å². The van der Waals surface area contributed by atoms with Gasteiger partial charge in [-0.05, 0) is 38.1 Å². The summed E-state index contributed by atoms with van der Waals surface area (Å²) < 4.78 is 29.3. The Morgan fingerprint density at radius 3 is 2.67 bits per heavy atom. The number of benzene rings is 2. The Morgan fingerprint density at radius 1 is 1.19 bits per heavy atom. The monoisotopic (exact) mass is 389 g/mol. The lowest BCUT2D eigenvalue weighted by molar-refractivity contribution is 0.0467. The molecule has 0 atom stereocenters. The fourth-order valence-corrected chi connectivity index (χ4v) is 2.70. The molecule has 0 aliphatic rings. The molecule has 0 aliphatic carbocycles. The van der Waals surface area contributed by atoms with Crippen molar-refractivity contribution in [3.8, 4) is 5.75 Å². The van der Waals surface area contributed by atoms with Crippen LogP contribution in [-0.4, -0.2) is 11.1 Å². The smallest absolute Gasteiger partial charge is 0.342 e. The Kier molecular flexibility index (Phi) is 5.76. The zero-order valence-electron chi connectivity index (χ0n) is 14.8. The predicted molar refractivity (Wildman–Crippen MR) is 97.3 cm³/mol. The maximum absolute atomic E-state index is 13.1. The van der Waals surface area contributed by atoms with Crippen molar-refractivity contribution in [1.29, 1.82) is 0 Å². The molecule has 0 N–H and O–H groups in total. The van der Waals surface area contributed by atoms with Gasteiger partial charge < -0.3 is 14.0 Å². The second-order valence-electron chi connectivity index (χ2n) is 5.90. The Balaban J connectivity index is 1.70. The van der Waals surface area contributed by atoms with E-state index in [-0.39, 0.29) is 23.8 Å². The predicted octanol–water partition coefficient (Wildman–Crippen LogP) is 5.02. The van der Waals surface area contributed by atoms with Crippen molar-refractivity contribution < 1.29 is 23.2 Å². The summed E-state index contributed by atoms with van der Waals surface area (Å²) in [5.41, 5.74) is 2.36. The number of aromatic nitrogens is 1. The summed E-state index contributed by atoms with van der Waals surface area (Å²) in [5.74, 6) is 0.0316. The Bertz CT molecular complexity index is 951. The third kappa shape index (κ3) is 4.46. The van der Waals surface area contributed by atoms with Crippen LogP contribution in [0, 0.1) is 19.7 Å². The van der Waals surface area contributed by atoms with Gasteiger partial charge in [-0.25, -0.2) is 9.18 Å². The maximum Gasteiger partial charge on any atom is 0.342 e. The van der Waals surface area contributed by atoms with Gasteiger partial charge in [-0.2, -0.15) is 0 Å². The fraction of sp³-hybridized carbons (Fsp3) is 0.200. The van der Waals surface area contributed by atoms with Crippen LogP contribution in [0.4, 0.5) is 4.39 Å². The molecule has 0 bridgehead atoms. The number of esters is 1. The van der Waals surface area contributed by atoms with Crippen LogP contribution in [0.5, 0.6) is 5.75 Å². The van der Waals surface area contributed by atoms with Crippen LogP contribution in [-0.2, 0) is 18.0 Å². The van der Waals surface area contributed by atoms with Crippen LogP contribution in [0.1, 0.15) is 32.9 Å². The molecule has 0 unspecified atom stereocenters. The van der Waals surface area contributed by atoms with Gasteiger partial charge in [0.1, 0.15) is 36.1 Å². The molecule has 7 heteroatoms. The van der Waals surface area contributed by atoms with Gasteiger partial charge in [0, 0.05) is 5.56 Å². The van der Waals surface area contributed by atoms with Crippen LogP contribution in [0.15, 0.2) is 47.0 Å². The molecule has 0 aliphatic heterocycles. The van der Waals surface area contributed by atoms with Crippen molar-refractivity contribution in [2.45, 2.75) is 27.1 Å². The van der Waals surface area contributed by atoms with E-state index in [4.69, 9.17) is 25.6 Å². The van der Waals surface area contributed by atoms with Crippen LogP contribution >= 0.6 is 11.6 Å². The van der Waals surface area contributed by atoms with E-state index in [0.717, 1.165) is 11.3 Å². The molecule has 3 rings (SSSR count). The number of halogens is 2. The lowest BCUT2D eigenvalue weighted by Crippen LogP contribution is -2.09. The molecular formula is C20H17ClFNO4. The largest absolute Gasteiger partial charge is 0.488 e. The standard InChI is InChI=1S/C20H17ClFNO4/c1-12-17(13(2)27-23-12)11-25-19-6-4-3-5-16(19)20(24)26-10-14-7-8-15(22)9-18(14)21/h3-9H,10-11H2,1-2H3. The van der Waals surface area contributed by atoms with Gasteiger partial charge in [0.15, 0.2) is 0 Å². The van der Waals surface area contributed by atoms with Crippen LogP contribution in [0.3, 0.4) is 0 Å². The van der Waals surface area contributed by atoms with E-state index < -0.39 is 11.8 Å². The van der Waals surface area contributed by atoms with Gasteiger partial charge in [-0.15, -0.1) is 0 Å². The lowest BCUT2D eigenvalue weighted by atomic mass is 10.2. The highest BCUT2D eigenvalue weighted by molar-refractivity contribution is 6.31. The summed E-state index contributed by atoms with van der Waals surface area (Å²) >= 11 is 5.96. The highest BCUT2D eigenvalue weighted by atomic mass is 35.5. The number of rotatable bonds is 6. The normalized spacial score (nSPS) is 10.7. The van der Waals surface area contributed by atoms with E-state index >= 15 is 0 Å². The van der Waals surface area contributed by atoms with Gasteiger partial charge >= 0.3 is 5.97 Å². The maximum atomic E-state index is 13.1. The topological polar surface area (TPSA) is 61.6 Å². The summed E-state index contributed by atoms with van der Waals surface area (Å²) in [5, 5.41) is 4.08. The third-order valence-corrected chi connectivity index (χ3v) is 4.39. The van der Waals surface area contributed by atoms with E-state index in [2.05, 4.69) is 5.16 Å². The van der Waals surface area contributed by atoms with E-state index in [1.54, 1.807) is 31.2 Å². The molecule has 0 spiro atoms. The molecule has 0 saturated heterocycles. The van der Waals surface area contributed by atoms with Gasteiger partial charge in [-0.1, -0.05) is 35.0 Å². The molecular weight excluding hydrogens is 373 g/mol. The van der Waals surface area contributed by atoms with Crippen molar-refractivity contribution in [3.63, 3.8) is 0 Å². The third-order valence-electron chi connectivity index (χ3n) is 4.03.